The standard InChI is InChI=1S/C9H16F2O3S/c1-9(10,11)7-3-5-8(6-4-7)14-15(2,12)13/h7-8H,3-6H2,1-2H3. The maximum Gasteiger partial charge on any atom is 0.264 e. The Labute approximate surface area is 88.9 Å². The van der Waals surface area contributed by atoms with Crippen molar-refractivity contribution in [3.05, 3.63) is 0 Å². The van der Waals surface area contributed by atoms with E-state index in [9.17, 15) is 17.2 Å². The van der Waals surface area contributed by atoms with Gasteiger partial charge in [0.25, 0.3) is 10.1 Å². The van der Waals surface area contributed by atoms with Crippen molar-refractivity contribution in [3.63, 3.8) is 0 Å². The molecule has 0 unspecified atom stereocenters. The molecule has 0 atom stereocenters. The molecule has 0 aromatic heterocycles. The summed E-state index contributed by atoms with van der Waals surface area (Å²) < 4.78 is 52.2. The molecule has 0 aliphatic heterocycles. The molecule has 1 aliphatic carbocycles. The quantitative estimate of drug-likeness (QED) is 0.712. The van der Waals surface area contributed by atoms with E-state index in [1.807, 2.05) is 0 Å². The maximum absolute atomic E-state index is 12.9. The monoisotopic (exact) mass is 242 g/mol. The molecule has 0 heterocycles. The Bertz CT molecular complexity index is 300. The first-order valence-corrected chi connectivity index (χ1v) is 6.76. The van der Waals surface area contributed by atoms with Crippen molar-refractivity contribution >= 4 is 10.1 Å². The molecule has 0 radical (unpaired) electrons. The van der Waals surface area contributed by atoms with Crippen molar-refractivity contribution in [2.24, 2.45) is 5.92 Å². The largest absolute Gasteiger partial charge is 0.267 e. The van der Waals surface area contributed by atoms with Crippen molar-refractivity contribution in [2.75, 3.05) is 6.26 Å². The van der Waals surface area contributed by atoms with Crippen LogP contribution in [-0.2, 0) is 14.3 Å². The summed E-state index contributed by atoms with van der Waals surface area (Å²) in [7, 11) is -3.46. The Morgan fingerprint density at radius 1 is 1.20 bits per heavy atom. The van der Waals surface area contributed by atoms with Gasteiger partial charge in [-0.25, -0.2) is 8.78 Å². The van der Waals surface area contributed by atoms with Crippen LogP contribution in [0.15, 0.2) is 0 Å². The SMILES string of the molecule is CC(F)(F)C1CCC(OS(C)(=O)=O)CC1. The molecule has 3 nitrogen and oxygen atoms in total. The second kappa shape index (κ2) is 4.33. The summed E-state index contributed by atoms with van der Waals surface area (Å²) in [5.74, 6) is -3.31. The third kappa shape index (κ3) is 4.42. The zero-order valence-electron chi connectivity index (χ0n) is 8.87. The highest BCUT2D eigenvalue weighted by Gasteiger charge is 2.37. The van der Waals surface area contributed by atoms with E-state index in [0.29, 0.717) is 25.7 Å². The third-order valence-electron chi connectivity index (χ3n) is 2.70. The van der Waals surface area contributed by atoms with Crippen molar-refractivity contribution in [2.45, 2.75) is 44.6 Å². The number of halogens is 2. The molecule has 1 fully saturated rings. The first-order chi connectivity index (χ1) is 6.68. The molecule has 15 heavy (non-hydrogen) atoms. The fourth-order valence-electron chi connectivity index (χ4n) is 1.91. The molecular weight excluding hydrogens is 226 g/mol. The van der Waals surface area contributed by atoms with E-state index in [4.69, 9.17) is 4.18 Å². The predicted molar refractivity (Wildman–Crippen MR) is 52.3 cm³/mol. The second-order valence-electron chi connectivity index (χ2n) is 4.23. The van der Waals surface area contributed by atoms with Gasteiger partial charge in [-0.15, -0.1) is 0 Å². The lowest BCUT2D eigenvalue weighted by molar-refractivity contribution is -0.0625. The predicted octanol–water partition coefficient (Wildman–Crippen LogP) is 2.18. The van der Waals surface area contributed by atoms with E-state index in [2.05, 4.69) is 0 Å². The van der Waals surface area contributed by atoms with Crippen LogP contribution in [-0.4, -0.2) is 26.7 Å². The van der Waals surface area contributed by atoms with E-state index in [-0.39, 0.29) is 0 Å². The van der Waals surface area contributed by atoms with Crippen LogP contribution in [0.5, 0.6) is 0 Å². The van der Waals surface area contributed by atoms with Crippen molar-refractivity contribution in [1.29, 1.82) is 0 Å². The van der Waals surface area contributed by atoms with Crippen LogP contribution in [0.4, 0.5) is 8.78 Å². The highest BCUT2D eigenvalue weighted by molar-refractivity contribution is 7.86. The van der Waals surface area contributed by atoms with Gasteiger partial charge in [-0.2, -0.15) is 8.42 Å². The maximum atomic E-state index is 12.9. The zero-order valence-corrected chi connectivity index (χ0v) is 9.69. The second-order valence-corrected chi connectivity index (χ2v) is 5.83. The Morgan fingerprint density at radius 2 is 1.67 bits per heavy atom. The third-order valence-corrected chi connectivity index (χ3v) is 3.32. The Kier molecular flexibility index (Phi) is 3.71. The summed E-state index contributed by atoms with van der Waals surface area (Å²) in [6.07, 6.45) is 1.99. The highest BCUT2D eigenvalue weighted by atomic mass is 32.2. The minimum absolute atomic E-state index is 0.323. The van der Waals surface area contributed by atoms with Gasteiger partial charge in [-0.1, -0.05) is 0 Å². The van der Waals surface area contributed by atoms with E-state index in [0.717, 1.165) is 13.2 Å². The molecule has 0 amide bonds. The van der Waals surface area contributed by atoms with Gasteiger partial charge in [-0.05, 0) is 32.6 Å². The summed E-state index contributed by atoms with van der Waals surface area (Å²) in [4.78, 5) is 0. The number of hydrogen-bond acceptors (Lipinski definition) is 3. The summed E-state index contributed by atoms with van der Waals surface area (Å²) in [5.41, 5.74) is 0. The minimum Gasteiger partial charge on any atom is -0.267 e. The lowest BCUT2D eigenvalue weighted by Crippen LogP contribution is -2.32. The Hall–Kier alpha value is -0.230. The minimum atomic E-state index is -3.46. The fourth-order valence-corrected chi connectivity index (χ4v) is 2.60. The topological polar surface area (TPSA) is 43.4 Å². The van der Waals surface area contributed by atoms with Crippen molar-refractivity contribution < 1.29 is 21.4 Å². The van der Waals surface area contributed by atoms with Gasteiger partial charge in [0.15, 0.2) is 0 Å². The van der Waals surface area contributed by atoms with Gasteiger partial charge in [0.05, 0.1) is 12.4 Å². The smallest absolute Gasteiger partial charge is 0.264 e. The van der Waals surface area contributed by atoms with Crippen LogP contribution in [0.25, 0.3) is 0 Å². The van der Waals surface area contributed by atoms with Crippen molar-refractivity contribution in [1.82, 2.24) is 0 Å². The highest BCUT2D eigenvalue weighted by Crippen LogP contribution is 2.37. The summed E-state index contributed by atoms with van der Waals surface area (Å²) in [5, 5.41) is 0. The molecule has 0 bridgehead atoms. The summed E-state index contributed by atoms with van der Waals surface area (Å²) >= 11 is 0. The fraction of sp³-hybridized carbons (Fsp3) is 1.00. The Balaban J connectivity index is 2.43. The molecule has 0 aromatic carbocycles. The van der Waals surface area contributed by atoms with Gasteiger partial charge in [-0.3, -0.25) is 4.18 Å². The summed E-state index contributed by atoms with van der Waals surface area (Å²) in [6, 6.07) is 0. The molecule has 0 N–H and O–H groups in total. The van der Waals surface area contributed by atoms with E-state index in [1.165, 1.54) is 0 Å². The van der Waals surface area contributed by atoms with Crippen LogP contribution < -0.4 is 0 Å². The van der Waals surface area contributed by atoms with Gasteiger partial charge < -0.3 is 0 Å². The molecule has 0 saturated heterocycles. The van der Waals surface area contributed by atoms with Gasteiger partial charge in [0.2, 0.25) is 5.92 Å². The first kappa shape index (κ1) is 12.8. The van der Waals surface area contributed by atoms with Crippen LogP contribution >= 0.6 is 0 Å². The molecule has 1 rings (SSSR count). The molecule has 1 aliphatic rings. The van der Waals surface area contributed by atoms with Gasteiger partial charge in [0, 0.05) is 5.92 Å². The number of alkyl halides is 2. The lowest BCUT2D eigenvalue weighted by atomic mass is 9.84. The first-order valence-electron chi connectivity index (χ1n) is 4.94. The molecule has 0 aromatic rings. The molecular formula is C9H16F2O3S. The van der Waals surface area contributed by atoms with Crippen LogP contribution in [0.1, 0.15) is 32.6 Å². The lowest BCUT2D eigenvalue weighted by Gasteiger charge is -2.31. The van der Waals surface area contributed by atoms with E-state index < -0.39 is 28.1 Å². The Morgan fingerprint density at radius 3 is 2.00 bits per heavy atom. The van der Waals surface area contributed by atoms with Gasteiger partial charge in [0.1, 0.15) is 0 Å². The van der Waals surface area contributed by atoms with Crippen molar-refractivity contribution in [3.8, 4) is 0 Å². The van der Waals surface area contributed by atoms with E-state index >= 15 is 0 Å². The van der Waals surface area contributed by atoms with E-state index in [1.54, 1.807) is 0 Å². The van der Waals surface area contributed by atoms with Crippen LogP contribution in [0, 0.1) is 5.92 Å². The average Bonchev–Trinajstić information content (AvgIpc) is 2.00. The average molecular weight is 242 g/mol. The zero-order chi connectivity index (χ0) is 11.7. The number of rotatable bonds is 3. The van der Waals surface area contributed by atoms with Gasteiger partial charge >= 0.3 is 0 Å². The molecule has 6 heteroatoms. The van der Waals surface area contributed by atoms with Crippen LogP contribution in [0.3, 0.4) is 0 Å². The number of hydrogen-bond donors (Lipinski definition) is 0. The van der Waals surface area contributed by atoms with Crippen LogP contribution in [0.2, 0.25) is 0 Å². The summed E-state index contributed by atoms with van der Waals surface area (Å²) in [6.45, 7) is 0.912. The molecule has 0 spiro atoms. The normalized spacial score (nSPS) is 29.1. The molecule has 1 saturated carbocycles. The molecule has 90 valence electrons.